The maximum atomic E-state index is 4.56. The SMILES string of the molecule is C[SiH](C)[N-][SiH](C)C.[CH3-].[CH3-].[Sc+3]. The Balaban J connectivity index is -0.0000000600. The topological polar surface area (TPSA) is 14.1 Å². The molecule has 0 aromatic heterocycles. The number of hydrogen-bond acceptors (Lipinski definition) is 0. The van der Waals surface area contributed by atoms with Gasteiger partial charge in [-0.2, -0.15) is 0 Å². The Hall–Kier alpha value is 1.26. The standard InChI is InChI=1S/C4H14NSi2.2CH3.Sc/c1-6(2)5-7(3)4;;;/h6-7H,1-4H3;2*1H3;/q3*-1;+3. The van der Waals surface area contributed by atoms with Crippen molar-refractivity contribution in [2.24, 2.45) is 0 Å². The fourth-order valence-electron chi connectivity index (χ4n) is 0.596. The van der Waals surface area contributed by atoms with Gasteiger partial charge in [0.15, 0.2) is 0 Å². The molecule has 0 aliphatic heterocycles. The van der Waals surface area contributed by atoms with Gasteiger partial charge in [-0.1, -0.05) is 44.1 Å². The van der Waals surface area contributed by atoms with Crippen molar-refractivity contribution in [2.75, 3.05) is 0 Å². The predicted molar refractivity (Wildman–Crippen MR) is 53.9 cm³/mol. The van der Waals surface area contributed by atoms with Crippen molar-refractivity contribution in [2.45, 2.75) is 26.2 Å². The van der Waals surface area contributed by atoms with E-state index in [4.69, 9.17) is 0 Å². The molecule has 0 radical (unpaired) electrons. The van der Waals surface area contributed by atoms with Crippen LogP contribution in [0.5, 0.6) is 0 Å². The van der Waals surface area contributed by atoms with E-state index in [9.17, 15) is 0 Å². The average Bonchev–Trinajstić information content (AvgIpc) is 1.27. The van der Waals surface area contributed by atoms with E-state index >= 15 is 0 Å². The molecule has 0 bridgehead atoms. The molecule has 0 heterocycles. The van der Waals surface area contributed by atoms with E-state index in [0.29, 0.717) is 0 Å². The molecule has 0 atom stereocenters. The Labute approximate surface area is 89.1 Å². The second-order valence-corrected chi connectivity index (χ2v) is 7.90. The maximum Gasteiger partial charge on any atom is 3.00 e. The van der Waals surface area contributed by atoms with Crippen molar-refractivity contribution >= 4 is 17.9 Å². The van der Waals surface area contributed by atoms with Crippen LogP contribution in [0.15, 0.2) is 0 Å². The van der Waals surface area contributed by atoms with Crippen LogP contribution in [0.1, 0.15) is 0 Å². The summed E-state index contributed by atoms with van der Waals surface area (Å²) in [6, 6.07) is 0. The van der Waals surface area contributed by atoms with Crippen molar-refractivity contribution in [1.82, 2.24) is 0 Å². The van der Waals surface area contributed by atoms with Crippen LogP contribution in [0.3, 0.4) is 0 Å². The Morgan fingerprint density at radius 2 is 1.00 bits per heavy atom. The van der Waals surface area contributed by atoms with E-state index in [1.807, 2.05) is 0 Å². The fourth-order valence-corrected chi connectivity index (χ4v) is 5.37. The van der Waals surface area contributed by atoms with Crippen LogP contribution >= 0.6 is 0 Å². The Bertz CT molecular complexity index is 45.0. The van der Waals surface area contributed by atoms with Gasteiger partial charge in [-0.3, -0.25) is 0 Å². The summed E-state index contributed by atoms with van der Waals surface area (Å²) in [6.45, 7) is 9.08. The van der Waals surface area contributed by atoms with Crippen molar-refractivity contribution in [3.8, 4) is 0 Å². The second-order valence-electron chi connectivity index (χ2n) is 2.34. The molecular formula is C6H20NScSi2. The molecule has 10 heavy (non-hydrogen) atoms. The molecule has 0 aliphatic carbocycles. The van der Waals surface area contributed by atoms with E-state index in [1.54, 1.807) is 0 Å². The Morgan fingerprint density at radius 1 is 0.800 bits per heavy atom. The van der Waals surface area contributed by atoms with Crippen molar-refractivity contribution in [3.05, 3.63) is 19.5 Å². The van der Waals surface area contributed by atoms with Gasteiger partial charge in [-0.15, -0.1) is 0 Å². The third-order valence-electron chi connectivity index (χ3n) is 0.596. The van der Waals surface area contributed by atoms with E-state index in [2.05, 4.69) is 30.8 Å². The summed E-state index contributed by atoms with van der Waals surface area (Å²) in [7, 11) is -1.08. The minimum atomic E-state index is -0.542. The molecule has 0 saturated carbocycles. The van der Waals surface area contributed by atoms with Crippen LogP contribution < -0.4 is 0 Å². The predicted octanol–water partition coefficient (Wildman–Crippen LogP) is 2.22. The third kappa shape index (κ3) is 22.8. The van der Waals surface area contributed by atoms with E-state index < -0.39 is 17.9 Å². The number of nitrogens with zero attached hydrogens (tertiary/aromatic N) is 1. The first-order valence-corrected chi connectivity index (χ1v) is 8.48. The smallest absolute Gasteiger partial charge is 0.672 e. The van der Waals surface area contributed by atoms with Gasteiger partial charge in [0.2, 0.25) is 0 Å². The monoisotopic (exact) mass is 207 g/mol. The Morgan fingerprint density at radius 3 is 1.00 bits per heavy atom. The van der Waals surface area contributed by atoms with E-state index in [-0.39, 0.29) is 40.7 Å². The molecule has 0 aliphatic rings. The molecule has 0 spiro atoms. The van der Waals surface area contributed by atoms with Crippen LogP contribution in [0.2, 0.25) is 26.2 Å². The minimum absolute atomic E-state index is 0. The normalized spacial score (nSPS) is 7.80. The summed E-state index contributed by atoms with van der Waals surface area (Å²) in [4.78, 5) is 0. The molecule has 1 nitrogen and oxygen atoms in total. The van der Waals surface area contributed by atoms with Crippen LogP contribution in [0, 0.1) is 14.9 Å². The van der Waals surface area contributed by atoms with Gasteiger partial charge in [0, 0.05) is 0 Å². The summed E-state index contributed by atoms with van der Waals surface area (Å²) in [6.07, 6.45) is 0. The van der Waals surface area contributed by atoms with Gasteiger partial charge in [0.1, 0.15) is 0 Å². The van der Waals surface area contributed by atoms with Gasteiger partial charge < -0.3 is 19.5 Å². The number of hydrogen-bond donors (Lipinski definition) is 0. The zero-order chi connectivity index (χ0) is 5.86. The zero-order valence-electron chi connectivity index (χ0n) is 8.18. The molecule has 0 unspecified atom stereocenters. The molecule has 0 N–H and O–H groups in total. The third-order valence-corrected chi connectivity index (χ3v) is 5.37. The molecule has 0 fully saturated rings. The summed E-state index contributed by atoms with van der Waals surface area (Å²) < 4.78 is 4.56. The maximum absolute atomic E-state index is 4.56. The van der Waals surface area contributed by atoms with Crippen LogP contribution in [0.4, 0.5) is 0 Å². The summed E-state index contributed by atoms with van der Waals surface area (Å²) in [5, 5.41) is 0. The molecule has 0 aromatic rings. The van der Waals surface area contributed by atoms with Gasteiger partial charge in [-0.05, 0) is 0 Å². The molecule has 4 heteroatoms. The van der Waals surface area contributed by atoms with Crippen LogP contribution in [-0.2, 0) is 25.8 Å². The number of rotatable bonds is 2. The van der Waals surface area contributed by atoms with E-state index in [1.165, 1.54) is 0 Å². The summed E-state index contributed by atoms with van der Waals surface area (Å²) in [5.74, 6) is 0. The summed E-state index contributed by atoms with van der Waals surface area (Å²) >= 11 is 0. The first-order chi connectivity index (χ1) is 3.13. The van der Waals surface area contributed by atoms with Crippen LogP contribution in [0.25, 0.3) is 4.65 Å². The van der Waals surface area contributed by atoms with Gasteiger partial charge in [0.05, 0.1) is 0 Å². The van der Waals surface area contributed by atoms with Crippen molar-refractivity contribution < 1.29 is 25.8 Å². The Kier molecular flexibility index (Phi) is 29.0. The average molecular weight is 207 g/mol. The second kappa shape index (κ2) is 12.9. The molecule has 0 rings (SSSR count). The zero-order valence-corrected chi connectivity index (χ0v) is 12.3. The van der Waals surface area contributed by atoms with Crippen LogP contribution in [-0.4, -0.2) is 17.9 Å². The van der Waals surface area contributed by atoms with E-state index in [0.717, 1.165) is 0 Å². The molecule has 60 valence electrons. The van der Waals surface area contributed by atoms with Gasteiger partial charge >= 0.3 is 25.8 Å². The molecule has 0 aromatic carbocycles. The van der Waals surface area contributed by atoms with Crippen molar-refractivity contribution in [1.29, 1.82) is 0 Å². The van der Waals surface area contributed by atoms with Gasteiger partial charge in [-0.25, -0.2) is 0 Å². The van der Waals surface area contributed by atoms with Gasteiger partial charge in [0.25, 0.3) is 0 Å². The fraction of sp³-hybridized carbons (Fsp3) is 0.667. The quantitative estimate of drug-likeness (QED) is 0.487. The largest absolute Gasteiger partial charge is 3.00 e. The first kappa shape index (κ1) is 22.5. The molecule has 0 saturated heterocycles. The summed E-state index contributed by atoms with van der Waals surface area (Å²) in [5.41, 5.74) is 0. The molecular weight excluding hydrogens is 187 g/mol. The first-order valence-electron chi connectivity index (χ1n) is 2.83. The van der Waals surface area contributed by atoms with Crippen molar-refractivity contribution in [3.63, 3.8) is 0 Å². The minimum Gasteiger partial charge on any atom is -0.672 e. The molecule has 0 amide bonds.